The summed E-state index contributed by atoms with van der Waals surface area (Å²) >= 11 is 0. The lowest BCUT2D eigenvalue weighted by atomic mass is 10.0. The van der Waals surface area contributed by atoms with Crippen LogP contribution in [-0.4, -0.2) is 42.7 Å². The van der Waals surface area contributed by atoms with Crippen LogP contribution in [-0.2, 0) is 16.1 Å². The molecule has 2 N–H and O–H groups in total. The van der Waals surface area contributed by atoms with Gasteiger partial charge in [0, 0.05) is 16.8 Å². The largest absolute Gasteiger partial charge is 0.508 e. The van der Waals surface area contributed by atoms with Gasteiger partial charge in [-0.05, 0) is 86.1 Å². The molecule has 0 radical (unpaired) electrons. The van der Waals surface area contributed by atoms with Gasteiger partial charge in [-0.1, -0.05) is 18.2 Å². The van der Waals surface area contributed by atoms with Crippen molar-refractivity contribution in [3.63, 3.8) is 0 Å². The summed E-state index contributed by atoms with van der Waals surface area (Å²) in [5.74, 6) is -2.00. The van der Waals surface area contributed by atoms with E-state index in [2.05, 4.69) is 20.7 Å². The van der Waals surface area contributed by atoms with E-state index >= 15 is 0 Å². The lowest BCUT2D eigenvalue weighted by Crippen LogP contribution is -2.50. The van der Waals surface area contributed by atoms with Crippen LogP contribution in [0.1, 0.15) is 32.4 Å². The number of rotatable bonds is 7. The Bertz CT molecular complexity index is 1430. The van der Waals surface area contributed by atoms with Gasteiger partial charge in [-0.25, -0.2) is 8.78 Å². The van der Waals surface area contributed by atoms with Gasteiger partial charge in [0.25, 0.3) is 5.91 Å². The van der Waals surface area contributed by atoms with Crippen molar-refractivity contribution in [3.8, 4) is 17.1 Å². The number of anilines is 1. The highest BCUT2D eigenvalue weighted by Gasteiger charge is 2.35. The van der Waals surface area contributed by atoms with E-state index in [4.69, 9.17) is 0 Å². The molecule has 0 bridgehead atoms. The molecule has 0 fully saturated rings. The Kier molecular flexibility index (Phi) is 7.47. The van der Waals surface area contributed by atoms with Crippen LogP contribution in [0.4, 0.5) is 14.5 Å². The number of tetrazole rings is 1. The summed E-state index contributed by atoms with van der Waals surface area (Å²) in [6.45, 7) is 4.96. The molecule has 1 aromatic heterocycles. The van der Waals surface area contributed by atoms with E-state index in [1.807, 2.05) is 0 Å². The third-order valence-electron chi connectivity index (χ3n) is 5.40. The van der Waals surface area contributed by atoms with Gasteiger partial charge in [0.05, 0.1) is 0 Å². The molecule has 2 amide bonds. The molecule has 38 heavy (non-hydrogen) atoms. The number of aromatic hydroxyl groups is 1. The number of hydrogen-bond donors (Lipinski definition) is 2. The number of carbonyl (C=O) groups excluding carboxylic acids is 2. The molecular formula is C27H26F2N6O3. The highest BCUT2D eigenvalue weighted by Crippen LogP contribution is 2.30. The molecule has 0 unspecified atom stereocenters. The minimum atomic E-state index is -1.22. The van der Waals surface area contributed by atoms with Crippen molar-refractivity contribution in [2.24, 2.45) is 0 Å². The molecule has 0 spiro atoms. The average molecular weight is 521 g/mol. The third kappa shape index (κ3) is 6.36. The first-order valence-electron chi connectivity index (χ1n) is 11.7. The Hall–Kier alpha value is -4.67. The molecule has 4 rings (SSSR count). The van der Waals surface area contributed by atoms with Crippen molar-refractivity contribution in [1.82, 2.24) is 25.5 Å². The number of phenols is 1. The van der Waals surface area contributed by atoms with Gasteiger partial charge < -0.3 is 10.4 Å². The predicted octanol–water partition coefficient (Wildman–Crippen LogP) is 4.01. The quantitative estimate of drug-likeness (QED) is 0.381. The van der Waals surface area contributed by atoms with E-state index in [9.17, 15) is 23.5 Å². The SMILES string of the molecule is CC(C)(C)NC(=O)[C@@H](c1ccc(O)cc1)N(C(=O)Cn1nnc(-c2ccc(F)cc2)n1)c1cccc(F)c1. The molecule has 9 nitrogen and oxygen atoms in total. The van der Waals surface area contributed by atoms with Crippen LogP contribution < -0.4 is 10.2 Å². The first-order chi connectivity index (χ1) is 18.0. The van der Waals surface area contributed by atoms with Crippen molar-refractivity contribution in [3.05, 3.63) is 90.0 Å². The zero-order valence-corrected chi connectivity index (χ0v) is 21.0. The van der Waals surface area contributed by atoms with Gasteiger partial charge in [0.15, 0.2) is 0 Å². The van der Waals surface area contributed by atoms with Crippen LogP contribution in [0.15, 0.2) is 72.8 Å². The molecule has 11 heteroatoms. The number of carbonyl (C=O) groups is 2. The average Bonchev–Trinajstić information content (AvgIpc) is 3.30. The number of phenolic OH excluding ortho intramolecular Hbond substituents is 1. The van der Waals surface area contributed by atoms with Crippen LogP contribution in [0.3, 0.4) is 0 Å². The van der Waals surface area contributed by atoms with E-state index in [0.717, 1.165) is 15.8 Å². The minimum absolute atomic E-state index is 0.0208. The zero-order chi connectivity index (χ0) is 27.4. The van der Waals surface area contributed by atoms with E-state index < -0.39 is 41.6 Å². The summed E-state index contributed by atoms with van der Waals surface area (Å²) in [5.41, 5.74) is 0.385. The molecule has 1 atom stereocenters. The maximum atomic E-state index is 14.3. The molecule has 196 valence electrons. The molecule has 4 aromatic rings. The van der Waals surface area contributed by atoms with Crippen molar-refractivity contribution in [2.45, 2.75) is 38.9 Å². The highest BCUT2D eigenvalue weighted by atomic mass is 19.1. The van der Waals surface area contributed by atoms with Crippen LogP contribution >= 0.6 is 0 Å². The Morgan fingerprint density at radius 1 is 1.00 bits per heavy atom. The van der Waals surface area contributed by atoms with Crippen LogP contribution in [0, 0.1) is 11.6 Å². The second kappa shape index (κ2) is 10.8. The third-order valence-corrected chi connectivity index (χ3v) is 5.40. The Labute approximate surface area is 217 Å². The van der Waals surface area contributed by atoms with E-state index in [1.54, 1.807) is 20.8 Å². The number of halogens is 2. The van der Waals surface area contributed by atoms with Crippen LogP contribution in [0.2, 0.25) is 0 Å². The van der Waals surface area contributed by atoms with Crippen molar-refractivity contribution in [1.29, 1.82) is 0 Å². The molecule has 0 aliphatic heterocycles. The smallest absolute Gasteiger partial charge is 0.251 e. The summed E-state index contributed by atoms with van der Waals surface area (Å²) in [6, 6.07) is 15.4. The monoisotopic (exact) mass is 520 g/mol. The van der Waals surface area contributed by atoms with E-state index in [1.165, 1.54) is 66.7 Å². The normalized spacial score (nSPS) is 12.1. The van der Waals surface area contributed by atoms with E-state index in [-0.39, 0.29) is 17.3 Å². The van der Waals surface area contributed by atoms with Crippen LogP contribution in [0.25, 0.3) is 11.4 Å². The second-order valence-electron chi connectivity index (χ2n) is 9.63. The molecule has 0 saturated heterocycles. The van der Waals surface area contributed by atoms with Gasteiger partial charge in [-0.15, -0.1) is 10.2 Å². The van der Waals surface area contributed by atoms with Gasteiger partial charge in [0.1, 0.15) is 30.0 Å². The predicted molar refractivity (Wildman–Crippen MR) is 136 cm³/mol. The molecule has 1 heterocycles. The second-order valence-corrected chi connectivity index (χ2v) is 9.63. The number of aromatic nitrogens is 4. The number of nitrogens with zero attached hydrogens (tertiary/aromatic N) is 5. The molecule has 0 aliphatic rings. The fourth-order valence-electron chi connectivity index (χ4n) is 3.80. The number of amides is 2. The standard InChI is InChI=1S/C27H26F2N6O3/c1-27(2,3)30-26(38)24(17-9-13-22(36)14-10-17)35(21-6-4-5-20(29)15-21)23(37)16-34-32-25(31-33-34)18-7-11-19(28)12-8-18/h4-15,24,36H,16H2,1-3H3,(H,30,38)/t24-/m1/s1. The first kappa shape index (κ1) is 26.4. The van der Waals surface area contributed by atoms with Crippen molar-refractivity contribution < 1.29 is 23.5 Å². The summed E-state index contributed by atoms with van der Waals surface area (Å²) < 4.78 is 27.6. The maximum absolute atomic E-state index is 14.3. The Morgan fingerprint density at radius 3 is 2.32 bits per heavy atom. The van der Waals surface area contributed by atoms with Gasteiger partial charge >= 0.3 is 0 Å². The first-order valence-corrected chi connectivity index (χ1v) is 11.7. The summed E-state index contributed by atoms with van der Waals surface area (Å²) in [7, 11) is 0. The minimum Gasteiger partial charge on any atom is -0.508 e. The van der Waals surface area contributed by atoms with Crippen LogP contribution in [0.5, 0.6) is 5.75 Å². The molecule has 0 aliphatic carbocycles. The number of benzene rings is 3. The number of nitrogens with one attached hydrogen (secondary N) is 1. The molecular weight excluding hydrogens is 494 g/mol. The van der Waals surface area contributed by atoms with Gasteiger partial charge in [-0.2, -0.15) is 4.80 Å². The zero-order valence-electron chi connectivity index (χ0n) is 21.0. The van der Waals surface area contributed by atoms with Gasteiger partial charge in [-0.3, -0.25) is 14.5 Å². The van der Waals surface area contributed by atoms with Crippen molar-refractivity contribution in [2.75, 3.05) is 4.90 Å². The Balaban J connectivity index is 1.74. The molecule has 3 aromatic carbocycles. The lowest BCUT2D eigenvalue weighted by Gasteiger charge is -2.33. The summed E-state index contributed by atoms with van der Waals surface area (Å²) in [4.78, 5) is 29.5. The van der Waals surface area contributed by atoms with Crippen molar-refractivity contribution >= 4 is 17.5 Å². The number of hydrogen-bond acceptors (Lipinski definition) is 6. The fraction of sp³-hybridized carbons (Fsp3) is 0.222. The lowest BCUT2D eigenvalue weighted by molar-refractivity contribution is -0.128. The Morgan fingerprint density at radius 2 is 1.68 bits per heavy atom. The van der Waals surface area contributed by atoms with Gasteiger partial charge in [0.2, 0.25) is 11.7 Å². The molecule has 0 saturated carbocycles. The van der Waals surface area contributed by atoms with E-state index in [0.29, 0.717) is 11.1 Å². The summed E-state index contributed by atoms with van der Waals surface area (Å²) in [5, 5.41) is 24.7. The summed E-state index contributed by atoms with van der Waals surface area (Å²) in [6.07, 6.45) is 0. The highest BCUT2D eigenvalue weighted by molar-refractivity contribution is 6.01. The topological polar surface area (TPSA) is 113 Å². The maximum Gasteiger partial charge on any atom is 0.251 e. The fourth-order valence-corrected chi connectivity index (χ4v) is 3.80.